The van der Waals surface area contributed by atoms with Gasteiger partial charge < -0.3 is 14.9 Å². The number of hydrogen-bond acceptors (Lipinski definition) is 4. The smallest absolute Gasteiger partial charge is 0.337 e. The lowest BCUT2D eigenvalue weighted by atomic mass is 9.95. The van der Waals surface area contributed by atoms with Crippen molar-refractivity contribution < 1.29 is 24.5 Å². The number of carbonyl (C=O) groups is 2. The van der Waals surface area contributed by atoms with Crippen molar-refractivity contribution in [3.63, 3.8) is 0 Å². The second-order valence-electron chi connectivity index (χ2n) is 4.43. The second kappa shape index (κ2) is 7.65. The SMILES string of the molecule is CCOC(=O)CCc1ccc(CC)cc1C(O)C(=O)O. The van der Waals surface area contributed by atoms with Gasteiger partial charge in [-0.1, -0.05) is 25.1 Å². The molecule has 1 unspecified atom stereocenters. The first kappa shape index (κ1) is 16.2. The molecule has 0 saturated heterocycles. The van der Waals surface area contributed by atoms with Gasteiger partial charge >= 0.3 is 11.9 Å². The molecule has 0 aromatic heterocycles. The quantitative estimate of drug-likeness (QED) is 0.745. The molecule has 0 bridgehead atoms. The van der Waals surface area contributed by atoms with Gasteiger partial charge in [0.25, 0.3) is 0 Å². The third kappa shape index (κ3) is 4.35. The van der Waals surface area contributed by atoms with Crippen LogP contribution in [0.1, 0.15) is 43.1 Å². The summed E-state index contributed by atoms with van der Waals surface area (Å²) in [5.74, 6) is -1.63. The fraction of sp³-hybridized carbons (Fsp3) is 0.467. The molecule has 0 amide bonds. The summed E-state index contributed by atoms with van der Waals surface area (Å²) in [6, 6.07) is 5.32. The van der Waals surface area contributed by atoms with Gasteiger partial charge in [0.15, 0.2) is 6.10 Å². The van der Waals surface area contributed by atoms with Crippen LogP contribution in [0.4, 0.5) is 0 Å². The van der Waals surface area contributed by atoms with E-state index in [1.54, 1.807) is 19.1 Å². The number of benzene rings is 1. The van der Waals surface area contributed by atoms with Gasteiger partial charge in [-0.3, -0.25) is 4.79 Å². The Morgan fingerprint density at radius 3 is 2.55 bits per heavy atom. The molecular weight excluding hydrogens is 260 g/mol. The highest BCUT2D eigenvalue weighted by Crippen LogP contribution is 2.22. The average Bonchev–Trinajstić information content (AvgIpc) is 2.44. The molecule has 2 N–H and O–H groups in total. The van der Waals surface area contributed by atoms with E-state index in [1.807, 2.05) is 13.0 Å². The minimum Gasteiger partial charge on any atom is -0.479 e. The van der Waals surface area contributed by atoms with E-state index in [4.69, 9.17) is 9.84 Å². The fourth-order valence-electron chi connectivity index (χ4n) is 1.95. The van der Waals surface area contributed by atoms with Gasteiger partial charge in [-0.25, -0.2) is 4.79 Å². The van der Waals surface area contributed by atoms with Crippen LogP contribution in [-0.2, 0) is 27.2 Å². The number of ether oxygens (including phenoxy) is 1. The first-order valence-corrected chi connectivity index (χ1v) is 6.67. The van der Waals surface area contributed by atoms with Gasteiger partial charge in [0.1, 0.15) is 0 Å². The maximum atomic E-state index is 11.4. The van der Waals surface area contributed by atoms with Gasteiger partial charge in [0.2, 0.25) is 0 Å². The lowest BCUT2D eigenvalue weighted by Gasteiger charge is -2.14. The number of carboxylic acids is 1. The van der Waals surface area contributed by atoms with Crippen LogP contribution in [0.5, 0.6) is 0 Å². The Morgan fingerprint density at radius 1 is 1.30 bits per heavy atom. The van der Waals surface area contributed by atoms with Crippen molar-refractivity contribution in [1.82, 2.24) is 0 Å². The summed E-state index contributed by atoms with van der Waals surface area (Å²) in [5.41, 5.74) is 1.95. The highest BCUT2D eigenvalue weighted by Gasteiger charge is 2.20. The molecule has 5 nitrogen and oxygen atoms in total. The lowest BCUT2D eigenvalue weighted by Crippen LogP contribution is -2.14. The highest BCUT2D eigenvalue weighted by molar-refractivity contribution is 5.75. The van der Waals surface area contributed by atoms with E-state index in [0.717, 1.165) is 12.0 Å². The molecule has 1 aromatic rings. The summed E-state index contributed by atoms with van der Waals surface area (Å²) in [7, 11) is 0. The zero-order chi connectivity index (χ0) is 15.1. The normalized spacial score (nSPS) is 11.9. The fourth-order valence-corrected chi connectivity index (χ4v) is 1.95. The zero-order valence-electron chi connectivity index (χ0n) is 11.8. The molecule has 0 fully saturated rings. The van der Waals surface area contributed by atoms with Crippen molar-refractivity contribution in [3.8, 4) is 0 Å². The number of esters is 1. The van der Waals surface area contributed by atoms with Crippen LogP contribution in [0.2, 0.25) is 0 Å². The van der Waals surface area contributed by atoms with E-state index in [9.17, 15) is 14.7 Å². The van der Waals surface area contributed by atoms with E-state index in [-0.39, 0.29) is 12.4 Å². The number of rotatable bonds is 7. The largest absolute Gasteiger partial charge is 0.479 e. The molecule has 0 aliphatic heterocycles. The summed E-state index contributed by atoms with van der Waals surface area (Å²) in [4.78, 5) is 22.3. The Kier molecular flexibility index (Phi) is 6.18. The van der Waals surface area contributed by atoms with Crippen molar-refractivity contribution in [2.75, 3.05) is 6.61 Å². The lowest BCUT2D eigenvalue weighted by molar-refractivity contribution is -0.147. The van der Waals surface area contributed by atoms with Crippen LogP contribution in [0.15, 0.2) is 18.2 Å². The summed E-state index contributed by atoms with van der Waals surface area (Å²) in [6.45, 7) is 4.00. The molecule has 1 atom stereocenters. The van der Waals surface area contributed by atoms with Gasteiger partial charge in [-0.15, -0.1) is 0 Å². The molecule has 110 valence electrons. The molecule has 0 aliphatic carbocycles. The van der Waals surface area contributed by atoms with Gasteiger partial charge in [-0.2, -0.15) is 0 Å². The van der Waals surface area contributed by atoms with Crippen LogP contribution in [-0.4, -0.2) is 28.8 Å². The number of aliphatic carboxylic acids is 1. The van der Waals surface area contributed by atoms with Crippen molar-refractivity contribution in [2.24, 2.45) is 0 Å². The molecule has 0 aliphatic rings. The van der Waals surface area contributed by atoms with E-state index in [2.05, 4.69) is 0 Å². The summed E-state index contributed by atoms with van der Waals surface area (Å²) >= 11 is 0. The molecule has 1 rings (SSSR count). The van der Waals surface area contributed by atoms with Crippen molar-refractivity contribution in [1.29, 1.82) is 0 Å². The molecule has 0 radical (unpaired) electrons. The Bertz CT molecular complexity index is 481. The number of carboxylic acid groups (broad SMARTS) is 1. The van der Waals surface area contributed by atoms with Gasteiger partial charge in [0.05, 0.1) is 6.61 Å². The Labute approximate surface area is 118 Å². The first-order chi connectivity index (χ1) is 9.49. The molecular formula is C15H20O5. The molecule has 20 heavy (non-hydrogen) atoms. The Hall–Kier alpha value is -1.88. The van der Waals surface area contributed by atoms with Gasteiger partial charge in [0, 0.05) is 6.42 Å². The van der Waals surface area contributed by atoms with Crippen LogP contribution < -0.4 is 0 Å². The minimum absolute atomic E-state index is 0.165. The van der Waals surface area contributed by atoms with Crippen molar-refractivity contribution in [3.05, 3.63) is 34.9 Å². The number of carbonyl (C=O) groups excluding carboxylic acids is 1. The Balaban J connectivity index is 2.93. The number of aliphatic hydroxyl groups is 1. The number of aryl methyl sites for hydroxylation is 2. The first-order valence-electron chi connectivity index (χ1n) is 6.67. The predicted octanol–water partition coefficient (Wildman–Crippen LogP) is 1.86. The number of aliphatic hydroxyl groups excluding tert-OH is 1. The third-order valence-electron chi connectivity index (χ3n) is 3.05. The molecule has 0 saturated carbocycles. The summed E-state index contributed by atoms with van der Waals surface area (Å²) in [5, 5.41) is 18.7. The van der Waals surface area contributed by atoms with E-state index < -0.39 is 12.1 Å². The predicted molar refractivity (Wildman–Crippen MR) is 73.4 cm³/mol. The van der Waals surface area contributed by atoms with E-state index in [1.165, 1.54) is 0 Å². The molecule has 1 aromatic carbocycles. The van der Waals surface area contributed by atoms with E-state index >= 15 is 0 Å². The van der Waals surface area contributed by atoms with Crippen LogP contribution in [0.25, 0.3) is 0 Å². The standard InChI is InChI=1S/C15H20O5/c1-3-10-5-6-11(7-8-13(16)20-4-2)12(9-10)14(17)15(18)19/h5-6,9,14,17H,3-4,7-8H2,1-2H3,(H,18,19). The Morgan fingerprint density at radius 2 is 2.00 bits per heavy atom. The van der Waals surface area contributed by atoms with Crippen molar-refractivity contribution in [2.45, 2.75) is 39.2 Å². The van der Waals surface area contributed by atoms with Crippen molar-refractivity contribution >= 4 is 11.9 Å². The molecule has 5 heteroatoms. The molecule has 0 spiro atoms. The average molecular weight is 280 g/mol. The van der Waals surface area contributed by atoms with Crippen LogP contribution in [0, 0.1) is 0 Å². The monoisotopic (exact) mass is 280 g/mol. The van der Waals surface area contributed by atoms with E-state index in [0.29, 0.717) is 24.2 Å². The van der Waals surface area contributed by atoms with Gasteiger partial charge in [-0.05, 0) is 36.5 Å². The van der Waals surface area contributed by atoms with Crippen LogP contribution >= 0.6 is 0 Å². The third-order valence-corrected chi connectivity index (χ3v) is 3.05. The number of hydrogen-bond donors (Lipinski definition) is 2. The molecule has 0 heterocycles. The maximum Gasteiger partial charge on any atom is 0.337 e. The maximum absolute atomic E-state index is 11.4. The summed E-state index contributed by atoms with van der Waals surface area (Å²) < 4.78 is 4.84. The topological polar surface area (TPSA) is 83.8 Å². The highest BCUT2D eigenvalue weighted by atomic mass is 16.5. The zero-order valence-corrected chi connectivity index (χ0v) is 11.8. The minimum atomic E-state index is -1.57. The second-order valence-corrected chi connectivity index (χ2v) is 4.43. The van der Waals surface area contributed by atoms with Crippen LogP contribution in [0.3, 0.4) is 0 Å². The summed E-state index contributed by atoms with van der Waals surface area (Å²) in [6.07, 6.45) is -0.308.